The van der Waals surface area contributed by atoms with Crippen molar-refractivity contribution in [3.8, 4) is 11.4 Å². The first kappa shape index (κ1) is 19.9. The molecule has 0 spiro atoms. The van der Waals surface area contributed by atoms with E-state index in [1.54, 1.807) is 11.3 Å². The molecule has 0 atom stereocenters. The molecule has 7 nitrogen and oxygen atoms in total. The number of rotatable bonds is 8. The molecule has 0 saturated carbocycles. The predicted molar refractivity (Wildman–Crippen MR) is 112 cm³/mol. The number of piperazine rings is 1. The first-order chi connectivity index (χ1) is 14.2. The maximum Gasteiger partial charge on any atom is 0.241 e. The van der Waals surface area contributed by atoms with E-state index in [0.29, 0.717) is 50.6 Å². The molecule has 1 aliphatic rings. The molecule has 0 aliphatic carbocycles. The van der Waals surface area contributed by atoms with Gasteiger partial charge in [-0.3, -0.25) is 14.5 Å². The van der Waals surface area contributed by atoms with Crippen molar-refractivity contribution in [1.82, 2.24) is 19.9 Å². The average Bonchev–Trinajstić information content (AvgIpc) is 3.50. The van der Waals surface area contributed by atoms with Crippen LogP contribution in [-0.4, -0.2) is 57.8 Å². The fraction of sp³-hybridized carbons (Fsp3) is 0.400. The molecule has 0 unspecified atom stereocenters. The summed E-state index contributed by atoms with van der Waals surface area (Å²) in [6.07, 6.45) is 1.45. The van der Waals surface area contributed by atoms with Gasteiger partial charge in [-0.15, -0.1) is 11.3 Å². The van der Waals surface area contributed by atoms with Crippen LogP contribution in [0.4, 0.5) is 0 Å². The van der Waals surface area contributed by atoms with Crippen LogP contribution in [0.15, 0.2) is 38.9 Å². The maximum atomic E-state index is 12.4. The Hall–Kier alpha value is -2.36. The molecule has 3 aromatic heterocycles. The third-order valence-corrected chi connectivity index (χ3v) is 6.52. The maximum absolute atomic E-state index is 12.4. The van der Waals surface area contributed by atoms with Crippen molar-refractivity contribution in [2.24, 2.45) is 0 Å². The van der Waals surface area contributed by atoms with E-state index >= 15 is 0 Å². The lowest BCUT2D eigenvalue weighted by molar-refractivity contribution is -0.133. The van der Waals surface area contributed by atoms with Crippen molar-refractivity contribution >= 4 is 34.4 Å². The van der Waals surface area contributed by atoms with Crippen molar-refractivity contribution in [1.29, 1.82) is 0 Å². The standard InChI is InChI=1S/C20H22N4O3S2/c25-16(17-4-2-11-29-17)3-1-5-19(26)24-9-7-23(8-10-24)13-18-21-20(22-27-18)15-6-12-28-14-15/h2,4,6,11-12,14H,1,3,5,7-10,13H2. The van der Waals surface area contributed by atoms with Crippen LogP contribution in [0.5, 0.6) is 0 Å². The Morgan fingerprint density at radius 3 is 2.69 bits per heavy atom. The van der Waals surface area contributed by atoms with Crippen LogP contribution >= 0.6 is 22.7 Å². The largest absolute Gasteiger partial charge is 0.340 e. The Morgan fingerprint density at radius 2 is 1.97 bits per heavy atom. The molecule has 3 aromatic rings. The zero-order valence-corrected chi connectivity index (χ0v) is 17.6. The highest BCUT2D eigenvalue weighted by Crippen LogP contribution is 2.19. The van der Waals surface area contributed by atoms with Crippen molar-refractivity contribution in [2.45, 2.75) is 25.8 Å². The van der Waals surface area contributed by atoms with Crippen LogP contribution in [0.3, 0.4) is 0 Å². The van der Waals surface area contributed by atoms with Gasteiger partial charge in [-0.05, 0) is 29.3 Å². The molecule has 1 aliphatic heterocycles. The molecule has 29 heavy (non-hydrogen) atoms. The lowest BCUT2D eigenvalue weighted by Gasteiger charge is -2.34. The molecule has 152 valence electrons. The number of hydrogen-bond donors (Lipinski definition) is 0. The lowest BCUT2D eigenvalue weighted by Crippen LogP contribution is -2.48. The number of thiophene rings is 2. The Kier molecular flexibility index (Phi) is 6.48. The Balaban J connectivity index is 1.18. The highest BCUT2D eigenvalue weighted by molar-refractivity contribution is 7.12. The summed E-state index contributed by atoms with van der Waals surface area (Å²) in [4.78, 5) is 33.8. The summed E-state index contributed by atoms with van der Waals surface area (Å²) in [5, 5.41) is 9.91. The molecule has 9 heteroatoms. The minimum Gasteiger partial charge on any atom is -0.340 e. The second-order valence-electron chi connectivity index (χ2n) is 6.93. The van der Waals surface area contributed by atoms with Gasteiger partial charge < -0.3 is 9.42 Å². The third kappa shape index (κ3) is 5.17. The molecular formula is C20H22N4O3S2. The first-order valence-corrected chi connectivity index (χ1v) is 11.4. The van der Waals surface area contributed by atoms with E-state index in [2.05, 4.69) is 15.0 Å². The van der Waals surface area contributed by atoms with Gasteiger partial charge in [0.1, 0.15) is 0 Å². The molecule has 4 rings (SSSR count). The second-order valence-corrected chi connectivity index (χ2v) is 8.66. The van der Waals surface area contributed by atoms with Crippen LogP contribution in [0.25, 0.3) is 11.4 Å². The van der Waals surface area contributed by atoms with E-state index in [-0.39, 0.29) is 11.7 Å². The monoisotopic (exact) mass is 430 g/mol. The molecule has 0 bridgehead atoms. The van der Waals surface area contributed by atoms with Gasteiger partial charge in [-0.2, -0.15) is 16.3 Å². The van der Waals surface area contributed by atoms with E-state index in [1.807, 2.05) is 39.2 Å². The Bertz CT molecular complexity index is 929. The SMILES string of the molecule is O=C(CCCC(=O)N1CCN(Cc2nc(-c3ccsc3)no2)CC1)c1cccs1. The molecular weight excluding hydrogens is 408 g/mol. The number of Topliss-reactive ketones (excluding diaryl/α,β-unsaturated/α-hetero) is 1. The highest BCUT2D eigenvalue weighted by atomic mass is 32.1. The van der Waals surface area contributed by atoms with Gasteiger partial charge in [-0.25, -0.2) is 0 Å². The van der Waals surface area contributed by atoms with E-state index in [9.17, 15) is 9.59 Å². The zero-order valence-electron chi connectivity index (χ0n) is 16.0. The van der Waals surface area contributed by atoms with Crippen LogP contribution < -0.4 is 0 Å². The van der Waals surface area contributed by atoms with Gasteiger partial charge in [0.2, 0.25) is 17.6 Å². The molecule has 1 amide bonds. The average molecular weight is 431 g/mol. The van der Waals surface area contributed by atoms with Gasteiger partial charge >= 0.3 is 0 Å². The number of nitrogens with zero attached hydrogens (tertiary/aromatic N) is 4. The quantitative estimate of drug-likeness (QED) is 0.509. The Morgan fingerprint density at radius 1 is 1.10 bits per heavy atom. The summed E-state index contributed by atoms with van der Waals surface area (Å²) in [6.45, 7) is 3.51. The Labute approximate surface area is 176 Å². The predicted octanol–water partition coefficient (Wildman–Crippen LogP) is 3.56. The van der Waals surface area contributed by atoms with E-state index in [0.717, 1.165) is 23.5 Å². The van der Waals surface area contributed by atoms with Gasteiger partial charge in [-0.1, -0.05) is 11.2 Å². The summed E-state index contributed by atoms with van der Waals surface area (Å²) < 4.78 is 5.36. The first-order valence-electron chi connectivity index (χ1n) is 9.61. The smallest absolute Gasteiger partial charge is 0.241 e. The van der Waals surface area contributed by atoms with Crippen LogP contribution in [-0.2, 0) is 11.3 Å². The fourth-order valence-electron chi connectivity index (χ4n) is 3.29. The minimum atomic E-state index is 0.124. The highest BCUT2D eigenvalue weighted by Gasteiger charge is 2.22. The normalized spacial score (nSPS) is 15.0. The molecule has 0 aromatic carbocycles. The molecule has 4 heterocycles. The minimum absolute atomic E-state index is 0.124. The van der Waals surface area contributed by atoms with Gasteiger partial charge in [0.25, 0.3) is 0 Å². The van der Waals surface area contributed by atoms with Crippen molar-refractivity contribution < 1.29 is 14.1 Å². The summed E-state index contributed by atoms with van der Waals surface area (Å²) in [7, 11) is 0. The van der Waals surface area contributed by atoms with E-state index < -0.39 is 0 Å². The number of hydrogen-bond acceptors (Lipinski definition) is 8. The molecule has 1 saturated heterocycles. The number of amides is 1. The third-order valence-electron chi connectivity index (χ3n) is 4.92. The van der Waals surface area contributed by atoms with Gasteiger partial charge in [0, 0.05) is 50.0 Å². The number of aromatic nitrogens is 2. The second kappa shape index (κ2) is 9.43. The van der Waals surface area contributed by atoms with Crippen molar-refractivity contribution in [3.63, 3.8) is 0 Å². The van der Waals surface area contributed by atoms with Crippen molar-refractivity contribution in [3.05, 3.63) is 45.1 Å². The number of carbonyl (C=O) groups is 2. The number of ketones is 1. The summed E-state index contributed by atoms with van der Waals surface area (Å²) in [6, 6.07) is 5.68. The molecule has 1 fully saturated rings. The molecule has 0 N–H and O–H groups in total. The van der Waals surface area contributed by atoms with Crippen molar-refractivity contribution in [2.75, 3.05) is 26.2 Å². The fourth-order valence-corrected chi connectivity index (χ4v) is 4.62. The molecule has 0 radical (unpaired) electrons. The van der Waals surface area contributed by atoms with Crippen LogP contribution in [0.2, 0.25) is 0 Å². The lowest BCUT2D eigenvalue weighted by atomic mass is 10.1. The number of carbonyl (C=O) groups excluding carboxylic acids is 2. The zero-order chi connectivity index (χ0) is 20.1. The van der Waals surface area contributed by atoms with Gasteiger partial charge in [0.15, 0.2) is 5.78 Å². The van der Waals surface area contributed by atoms with Gasteiger partial charge in [0.05, 0.1) is 11.4 Å². The van der Waals surface area contributed by atoms with E-state index in [1.165, 1.54) is 11.3 Å². The summed E-state index contributed by atoms with van der Waals surface area (Å²) in [5.74, 6) is 1.46. The van der Waals surface area contributed by atoms with Crippen LogP contribution in [0, 0.1) is 0 Å². The summed E-state index contributed by atoms with van der Waals surface area (Å²) in [5.41, 5.74) is 0.970. The summed E-state index contributed by atoms with van der Waals surface area (Å²) >= 11 is 3.05. The van der Waals surface area contributed by atoms with Crippen LogP contribution in [0.1, 0.15) is 34.8 Å². The van der Waals surface area contributed by atoms with E-state index in [4.69, 9.17) is 4.52 Å². The topological polar surface area (TPSA) is 79.5 Å².